The Morgan fingerprint density at radius 2 is 2.00 bits per heavy atom. The zero-order valence-electron chi connectivity index (χ0n) is 14.1. The van der Waals surface area contributed by atoms with E-state index in [1.807, 2.05) is 24.3 Å². The molecule has 1 saturated heterocycles. The number of rotatable bonds is 4. The summed E-state index contributed by atoms with van der Waals surface area (Å²) >= 11 is 0. The van der Waals surface area contributed by atoms with Gasteiger partial charge in [-0.15, -0.1) is 0 Å². The highest BCUT2D eigenvalue weighted by Crippen LogP contribution is 2.51. The van der Waals surface area contributed by atoms with Gasteiger partial charge in [0.1, 0.15) is 0 Å². The van der Waals surface area contributed by atoms with Crippen LogP contribution in [0.25, 0.3) is 0 Å². The lowest BCUT2D eigenvalue weighted by Gasteiger charge is -2.30. The second-order valence-corrected chi connectivity index (χ2v) is 6.40. The molecule has 4 rings (SSSR count). The average Bonchev–Trinajstić information content (AvgIpc) is 3.19. The molecule has 1 amide bonds. The van der Waals surface area contributed by atoms with Crippen molar-refractivity contribution in [1.82, 2.24) is 5.32 Å². The molecule has 2 heterocycles. The molecule has 0 aromatic heterocycles. The third kappa shape index (κ3) is 2.42. The number of benzene rings is 2. The first-order chi connectivity index (χ1) is 12.6. The minimum atomic E-state index is -2.93. The third-order valence-electron chi connectivity index (χ3n) is 5.16. The lowest BCUT2D eigenvalue weighted by Crippen LogP contribution is -2.39. The number of nitrogens with one attached hydrogen (secondary N) is 2. The lowest BCUT2D eigenvalue weighted by molar-refractivity contribution is -0.121. The van der Waals surface area contributed by atoms with Gasteiger partial charge in [0.25, 0.3) is 0 Å². The Hall–Kier alpha value is -2.67. The maximum Gasteiger partial charge on any atom is 0.387 e. The van der Waals surface area contributed by atoms with Crippen molar-refractivity contribution >= 4 is 11.6 Å². The zero-order chi connectivity index (χ0) is 18.3. The second kappa shape index (κ2) is 6.25. The normalized spacial score (nSPS) is 24.0. The van der Waals surface area contributed by atoms with Gasteiger partial charge in [-0.1, -0.05) is 24.3 Å². The summed E-state index contributed by atoms with van der Waals surface area (Å²) in [6, 6.07) is 12.1. The van der Waals surface area contributed by atoms with Crippen molar-refractivity contribution in [2.75, 3.05) is 19.0 Å². The third-order valence-corrected chi connectivity index (χ3v) is 5.16. The van der Waals surface area contributed by atoms with Crippen LogP contribution in [0.15, 0.2) is 42.5 Å². The van der Waals surface area contributed by atoms with Crippen molar-refractivity contribution in [1.29, 1.82) is 0 Å². The fourth-order valence-corrected chi connectivity index (χ4v) is 4.06. The number of anilines is 1. The Bertz CT molecular complexity index is 858. The molecule has 2 aromatic rings. The Labute approximate surface area is 149 Å². The van der Waals surface area contributed by atoms with Crippen LogP contribution in [0.5, 0.6) is 11.5 Å². The molecule has 5 nitrogen and oxygen atoms in total. The van der Waals surface area contributed by atoms with Crippen LogP contribution in [0, 0.1) is 0 Å². The molecule has 0 saturated carbocycles. The van der Waals surface area contributed by atoms with E-state index in [4.69, 9.17) is 4.74 Å². The van der Waals surface area contributed by atoms with Crippen molar-refractivity contribution in [3.8, 4) is 11.5 Å². The van der Waals surface area contributed by atoms with Crippen molar-refractivity contribution in [3.63, 3.8) is 0 Å². The fourth-order valence-electron chi connectivity index (χ4n) is 4.06. The van der Waals surface area contributed by atoms with Crippen molar-refractivity contribution < 1.29 is 23.0 Å². The highest BCUT2D eigenvalue weighted by Gasteiger charge is 2.55. The van der Waals surface area contributed by atoms with E-state index < -0.39 is 12.0 Å². The van der Waals surface area contributed by atoms with Gasteiger partial charge in [0.05, 0.1) is 18.6 Å². The molecule has 1 spiro atoms. The standard InChI is InChI=1S/C19H18F2N2O3/c1-25-15-10-11(6-7-14(15)26-18(20)21)16-19(8-9-22-16)12-4-2-3-5-13(12)23-17(19)24/h2-7,10,16,18,22H,8-9H2,1H3,(H,23,24)/t16-,19-/m1/s1. The molecule has 0 unspecified atom stereocenters. The van der Waals surface area contributed by atoms with Gasteiger partial charge in [-0.05, 0) is 42.3 Å². The van der Waals surface area contributed by atoms with E-state index in [9.17, 15) is 13.6 Å². The molecule has 2 aliphatic rings. The van der Waals surface area contributed by atoms with Crippen LogP contribution in [-0.4, -0.2) is 26.2 Å². The molecular formula is C19H18F2N2O3. The first kappa shape index (κ1) is 16.8. The number of methoxy groups -OCH3 is 1. The molecule has 2 aromatic carbocycles. The summed E-state index contributed by atoms with van der Waals surface area (Å²) in [6.45, 7) is -2.26. The molecule has 2 N–H and O–H groups in total. The van der Waals surface area contributed by atoms with Gasteiger partial charge in [-0.2, -0.15) is 8.78 Å². The molecule has 0 radical (unpaired) electrons. The first-order valence-corrected chi connectivity index (χ1v) is 8.33. The van der Waals surface area contributed by atoms with E-state index >= 15 is 0 Å². The van der Waals surface area contributed by atoms with E-state index in [1.54, 1.807) is 12.1 Å². The monoisotopic (exact) mass is 360 g/mol. The summed E-state index contributed by atoms with van der Waals surface area (Å²) in [7, 11) is 1.40. The van der Waals surface area contributed by atoms with E-state index in [2.05, 4.69) is 15.4 Å². The number of amides is 1. The van der Waals surface area contributed by atoms with E-state index in [-0.39, 0.29) is 23.4 Å². The quantitative estimate of drug-likeness (QED) is 0.879. The summed E-state index contributed by atoms with van der Waals surface area (Å²) in [5.74, 6) is 0.119. The summed E-state index contributed by atoms with van der Waals surface area (Å²) in [5, 5.41) is 6.35. The maximum absolute atomic E-state index is 12.9. The van der Waals surface area contributed by atoms with Crippen LogP contribution in [-0.2, 0) is 10.2 Å². The number of halogens is 2. The van der Waals surface area contributed by atoms with E-state index in [0.717, 1.165) is 16.8 Å². The van der Waals surface area contributed by atoms with Gasteiger partial charge in [0, 0.05) is 5.69 Å². The zero-order valence-corrected chi connectivity index (χ0v) is 14.1. The van der Waals surface area contributed by atoms with Crippen molar-refractivity contribution in [2.24, 2.45) is 0 Å². The Kier molecular flexibility index (Phi) is 4.03. The van der Waals surface area contributed by atoms with Gasteiger partial charge >= 0.3 is 6.61 Å². The SMILES string of the molecule is COc1cc([C@H]2NCC[C@]23C(=O)Nc2ccccc23)ccc1OC(F)F. The Morgan fingerprint density at radius 1 is 1.19 bits per heavy atom. The number of carbonyl (C=O) groups excluding carboxylic acids is 1. The second-order valence-electron chi connectivity index (χ2n) is 6.40. The molecule has 1 fully saturated rings. The minimum Gasteiger partial charge on any atom is -0.493 e. The van der Waals surface area contributed by atoms with Crippen LogP contribution >= 0.6 is 0 Å². The predicted molar refractivity (Wildman–Crippen MR) is 91.7 cm³/mol. The lowest BCUT2D eigenvalue weighted by atomic mass is 9.73. The number of fused-ring (bicyclic) bond motifs is 2. The first-order valence-electron chi connectivity index (χ1n) is 8.33. The number of alkyl halides is 2. The molecule has 26 heavy (non-hydrogen) atoms. The summed E-state index contributed by atoms with van der Waals surface area (Å²) < 4.78 is 34.8. The maximum atomic E-state index is 12.9. The van der Waals surface area contributed by atoms with E-state index in [1.165, 1.54) is 13.2 Å². The van der Waals surface area contributed by atoms with Gasteiger partial charge in [-0.3, -0.25) is 4.79 Å². The van der Waals surface area contributed by atoms with Crippen LogP contribution in [0.3, 0.4) is 0 Å². The molecule has 0 bridgehead atoms. The van der Waals surface area contributed by atoms with Gasteiger partial charge in [0.15, 0.2) is 11.5 Å². The minimum absolute atomic E-state index is 0.0328. The van der Waals surface area contributed by atoms with Gasteiger partial charge in [0.2, 0.25) is 5.91 Å². The Morgan fingerprint density at radius 3 is 2.77 bits per heavy atom. The summed E-state index contributed by atoms with van der Waals surface area (Å²) in [4.78, 5) is 12.9. The average molecular weight is 360 g/mol. The predicted octanol–water partition coefficient (Wildman–Crippen LogP) is 3.22. The number of para-hydroxylation sites is 1. The highest BCUT2D eigenvalue weighted by molar-refractivity contribution is 6.07. The number of ether oxygens (including phenoxy) is 2. The van der Waals surface area contributed by atoms with Gasteiger partial charge in [-0.25, -0.2) is 0 Å². The van der Waals surface area contributed by atoms with E-state index in [0.29, 0.717) is 13.0 Å². The van der Waals surface area contributed by atoms with Gasteiger partial charge < -0.3 is 20.1 Å². The fraction of sp³-hybridized carbons (Fsp3) is 0.316. The van der Waals surface area contributed by atoms with Crippen LogP contribution < -0.4 is 20.1 Å². The molecular weight excluding hydrogens is 342 g/mol. The smallest absolute Gasteiger partial charge is 0.387 e. The summed E-state index contributed by atoms with van der Waals surface area (Å²) in [5.41, 5.74) is 1.82. The Balaban J connectivity index is 1.77. The molecule has 7 heteroatoms. The van der Waals surface area contributed by atoms with Crippen LogP contribution in [0.2, 0.25) is 0 Å². The largest absolute Gasteiger partial charge is 0.493 e. The molecule has 0 aliphatic carbocycles. The molecule has 136 valence electrons. The molecule has 2 atom stereocenters. The van der Waals surface area contributed by atoms with Crippen LogP contribution in [0.1, 0.15) is 23.6 Å². The summed E-state index contributed by atoms with van der Waals surface area (Å²) in [6.07, 6.45) is 0.651. The van der Waals surface area contributed by atoms with Crippen molar-refractivity contribution in [2.45, 2.75) is 24.5 Å². The number of hydrogen-bond donors (Lipinski definition) is 2. The number of hydrogen-bond acceptors (Lipinski definition) is 4. The topological polar surface area (TPSA) is 59.6 Å². The van der Waals surface area contributed by atoms with Crippen molar-refractivity contribution in [3.05, 3.63) is 53.6 Å². The van der Waals surface area contributed by atoms with Crippen LogP contribution in [0.4, 0.5) is 14.5 Å². The molecule has 2 aliphatic heterocycles. The highest BCUT2D eigenvalue weighted by atomic mass is 19.3. The number of carbonyl (C=O) groups is 1.